The van der Waals surface area contributed by atoms with Crippen molar-refractivity contribution in [2.45, 2.75) is 19.4 Å². The van der Waals surface area contributed by atoms with E-state index in [-0.39, 0.29) is 5.91 Å². The summed E-state index contributed by atoms with van der Waals surface area (Å²) in [5, 5.41) is 2.96. The van der Waals surface area contributed by atoms with Crippen molar-refractivity contribution in [2.24, 2.45) is 0 Å². The lowest BCUT2D eigenvalue weighted by molar-refractivity contribution is 0.0951. The largest absolute Gasteiger partial charge is 0.372 e. The van der Waals surface area contributed by atoms with E-state index in [1.807, 2.05) is 24.3 Å². The lowest BCUT2D eigenvalue weighted by Crippen LogP contribution is -2.22. The fourth-order valence-electron chi connectivity index (χ4n) is 2.69. The molecule has 1 fully saturated rings. The lowest BCUT2D eigenvalue weighted by Gasteiger charge is -2.17. The smallest absolute Gasteiger partial charge is 0.251 e. The maximum atomic E-state index is 12.1. The van der Waals surface area contributed by atoms with Crippen LogP contribution in [0.25, 0.3) is 0 Å². The zero-order valence-electron chi connectivity index (χ0n) is 12.4. The number of carbonyl (C=O) groups excluding carboxylic acids is 1. The fourth-order valence-corrected chi connectivity index (χ4v) is 2.95. The van der Waals surface area contributed by atoms with Gasteiger partial charge in [0.05, 0.1) is 0 Å². The van der Waals surface area contributed by atoms with Crippen LogP contribution in [0.5, 0.6) is 0 Å². The number of anilines is 1. The molecule has 3 rings (SSSR count). The molecule has 0 radical (unpaired) electrons. The van der Waals surface area contributed by atoms with Crippen molar-refractivity contribution in [3.63, 3.8) is 0 Å². The summed E-state index contributed by atoms with van der Waals surface area (Å²) < 4.78 is 0.974. The summed E-state index contributed by atoms with van der Waals surface area (Å²) in [6.45, 7) is 2.86. The Hall–Kier alpha value is -1.81. The summed E-state index contributed by atoms with van der Waals surface area (Å²) in [7, 11) is 0. The highest BCUT2D eigenvalue weighted by Gasteiger charge is 2.12. The first-order chi connectivity index (χ1) is 10.7. The van der Waals surface area contributed by atoms with E-state index in [0.717, 1.165) is 23.1 Å². The minimum atomic E-state index is -0.0453. The molecule has 1 N–H and O–H groups in total. The van der Waals surface area contributed by atoms with Crippen LogP contribution in [0.4, 0.5) is 5.69 Å². The van der Waals surface area contributed by atoms with E-state index in [1.54, 1.807) is 0 Å². The summed E-state index contributed by atoms with van der Waals surface area (Å²) in [5.41, 5.74) is 3.07. The molecule has 1 aliphatic rings. The van der Waals surface area contributed by atoms with Crippen LogP contribution < -0.4 is 10.2 Å². The molecular formula is C18H19BrN2O. The van der Waals surface area contributed by atoms with E-state index in [2.05, 4.69) is 50.4 Å². The van der Waals surface area contributed by atoms with Gasteiger partial charge in [-0.05, 0) is 54.8 Å². The zero-order chi connectivity index (χ0) is 15.4. The number of hydrogen-bond donors (Lipinski definition) is 1. The van der Waals surface area contributed by atoms with Gasteiger partial charge in [-0.3, -0.25) is 4.79 Å². The number of benzene rings is 2. The van der Waals surface area contributed by atoms with Crippen molar-refractivity contribution in [3.8, 4) is 0 Å². The van der Waals surface area contributed by atoms with Crippen LogP contribution in [0.15, 0.2) is 53.0 Å². The van der Waals surface area contributed by atoms with Gasteiger partial charge in [0, 0.05) is 35.4 Å². The molecule has 2 aromatic rings. The predicted octanol–water partition coefficient (Wildman–Crippen LogP) is 3.98. The number of nitrogens with zero attached hydrogens (tertiary/aromatic N) is 1. The summed E-state index contributed by atoms with van der Waals surface area (Å²) in [4.78, 5) is 14.5. The van der Waals surface area contributed by atoms with Crippen LogP contribution in [-0.4, -0.2) is 19.0 Å². The van der Waals surface area contributed by atoms with Gasteiger partial charge in [0.25, 0.3) is 5.91 Å². The van der Waals surface area contributed by atoms with E-state index in [0.29, 0.717) is 12.1 Å². The SMILES string of the molecule is O=C(NCc1ccc(N2CCCC2)cc1)c1ccc(Br)cc1. The standard InChI is InChI=1S/C18H19BrN2O/c19-16-7-5-15(6-8-16)18(22)20-13-14-3-9-17(10-4-14)21-11-1-2-12-21/h3-10H,1-2,11-13H2,(H,20,22). The first kappa shape index (κ1) is 15.1. The average molecular weight is 359 g/mol. The fraction of sp³-hybridized carbons (Fsp3) is 0.278. The van der Waals surface area contributed by atoms with Crippen molar-refractivity contribution >= 4 is 27.5 Å². The normalized spacial score (nSPS) is 14.1. The molecule has 0 spiro atoms. The summed E-state index contributed by atoms with van der Waals surface area (Å²) in [6.07, 6.45) is 2.57. The summed E-state index contributed by atoms with van der Waals surface area (Å²) >= 11 is 3.37. The van der Waals surface area contributed by atoms with Crippen LogP contribution in [0.2, 0.25) is 0 Å². The van der Waals surface area contributed by atoms with Gasteiger partial charge in [0.15, 0.2) is 0 Å². The number of nitrogens with one attached hydrogen (secondary N) is 1. The molecule has 0 aromatic heterocycles. The van der Waals surface area contributed by atoms with Crippen LogP contribution in [-0.2, 0) is 6.54 Å². The van der Waals surface area contributed by atoms with Crippen LogP contribution in [0.1, 0.15) is 28.8 Å². The van der Waals surface area contributed by atoms with E-state index in [4.69, 9.17) is 0 Å². The van der Waals surface area contributed by atoms with Gasteiger partial charge in [-0.2, -0.15) is 0 Å². The highest BCUT2D eigenvalue weighted by molar-refractivity contribution is 9.10. The molecular weight excluding hydrogens is 340 g/mol. The van der Waals surface area contributed by atoms with Gasteiger partial charge in [-0.15, -0.1) is 0 Å². The Bertz CT molecular complexity index is 631. The Morgan fingerprint density at radius 3 is 2.27 bits per heavy atom. The van der Waals surface area contributed by atoms with Gasteiger partial charge >= 0.3 is 0 Å². The van der Waals surface area contributed by atoms with Crippen molar-refractivity contribution in [1.29, 1.82) is 0 Å². The first-order valence-electron chi connectivity index (χ1n) is 7.60. The number of halogens is 1. The Kier molecular flexibility index (Phi) is 4.78. The van der Waals surface area contributed by atoms with Gasteiger partial charge in [-0.1, -0.05) is 28.1 Å². The molecule has 1 aliphatic heterocycles. The van der Waals surface area contributed by atoms with Gasteiger partial charge in [-0.25, -0.2) is 0 Å². The molecule has 0 aliphatic carbocycles. The Morgan fingerprint density at radius 1 is 1.00 bits per heavy atom. The Balaban J connectivity index is 1.56. The number of hydrogen-bond acceptors (Lipinski definition) is 2. The topological polar surface area (TPSA) is 32.3 Å². The quantitative estimate of drug-likeness (QED) is 0.896. The molecule has 0 bridgehead atoms. The predicted molar refractivity (Wildman–Crippen MR) is 93.2 cm³/mol. The Morgan fingerprint density at radius 2 is 1.64 bits per heavy atom. The van der Waals surface area contributed by atoms with E-state index < -0.39 is 0 Å². The molecule has 3 nitrogen and oxygen atoms in total. The minimum absolute atomic E-state index is 0.0453. The molecule has 1 heterocycles. The van der Waals surface area contributed by atoms with E-state index >= 15 is 0 Å². The summed E-state index contributed by atoms with van der Waals surface area (Å²) in [5.74, 6) is -0.0453. The molecule has 4 heteroatoms. The van der Waals surface area contributed by atoms with Gasteiger partial charge < -0.3 is 10.2 Å². The molecule has 0 atom stereocenters. The minimum Gasteiger partial charge on any atom is -0.372 e. The molecule has 0 unspecified atom stereocenters. The zero-order valence-corrected chi connectivity index (χ0v) is 14.0. The second kappa shape index (κ2) is 6.97. The highest BCUT2D eigenvalue weighted by Crippen LogP contribution is 2.20. The molecule has 1 saturated heterocycles. The molecule has 22 heavy (non-hydrogen) atoms. The van der Waals surface area contributed by atoms with Crippen molar-refractivity contribution in [2.75, 3.05) is 18.0 Å². The molecule has 0 saturated carbocycles. The molecule has 1 amide bonds. The highest BCUT2D eigenvalue weighted by atomic mass is 79.9. The third kappa shape index (κ3) is 3.69. The molecule has 2 aromatic carbocycles. The number of amides is 1. The third-order valence-electron chi connectivity index (χ3n) is 3.97. The van der Waals surface area contributed by atoms with E-state index in [9.17, 15) is 4.79 Å². The maximum Gasteiger partial charge on any atom is 0.251 e. The molecule has 114 valence electrons. The third-order valence-corrected chi connectivity index (χ3v) is 4.50. The van der Waals surface area contributed by atoms with Crippen LogP contribution in [0.3, 0.4) is 0 Å². The first-order valence-corrected chi connectivity index (χ1v) is 8.39. The number of rotatable bonds is 4. The Labute approximate surface area is 139 Å². The summed E-state index contributed by atoms with van der Waals surface area (Å²) in [6, 6.07) is 15.9. The van der Waals surface area contributed by atoms with E-state index in [1.165, 1.54) is 18.5 Å². The van der Waals surface area contributed by atoms with Gasteiger partial charge in [0.2, 0.25) is 0 Å². The monoisotopic (exact) mass is 358 g/mol. The van der Waals surface area contributed by atoms with Crippen molar-refractivity contribution in [3.05, 3.63) is 64.1 Å². The maximum absolute atomic E-state index is 12.1. The second-order valence-corrected chi connectivity index (χ2v) is 6.47. The average Bonchev–Trinajstić information content (AvgIpc) is 3.08. The lowest BCUT2D eigenvalue weighted by atomic mass is 10.1. The van der Waals surface area contributed by atoms with Crippen molar-refractivity contribution < 1.29 is 4.79 Å². The van der Waals surface area contributed by atoms with Crippen LogP contribution >= 0.6 is 15.9 Å². The van der Waals surface area contributed by atoms with Crippen LogP contribution in [0, 0.1) is 0 Å². The van der Waals surface area contributed by atoms with Gasteiger partial charge in [0.1, 0.15) is 0 Å². The number of carbonyl (C=O) groups is 1. The van der Waals surface area contributed by atoms with Crippen molar-refractivity contribution in [1.82, 2.24) is 5.32 Å². The second-order valence-electron chi connectivity index (χ2n) is 5.55.